The number of fused-ring (bicyclic) bond motifs is 1. The molecule has 0 N–H and O–H groups in total. The van der Waals surface area contributed by atoms with Crippen molar-refractivity contribution in [2.75, 3.05) is 38.7 Å². The number of carbonyl (C=O) groups excluding carboxylic acids is 1. The number of hydrogen-bond donors (Lipinski definition) is 0. The summed E-state index contributed by atoms with van der Waals surface area (Å²) in [5.41, 5.74) is 0.927. The molecule has 2 aromatic carbocycles. The second kappa shape index (κ2) is 10.3. The number of benzene rings is 2. The van der Waals surface area contributed by atoms with Crippen LogP contribution < -0.4 is 9.64 Å². The Labute approximate surface area is 170 Å². The number of carbonyl (C=O) groups is 1. The number of ether oxygens (including phenoxy) is 1. The lowest BCUT2D eigenvalue weighted by Crippen LogP contribution is -2.37. The first-order valence-electron chi connectivity index (χ1n) is 8.62. The van der Waals surface area contributed by atoms with Gasteiger partial charge >= 0.3 is 0 Å². The predicted molar refractivity (Wildman–Crippen MR) is 114 cm³/mol. The van der Waals surface area contributed by atoms with Gasteiger partial charge in [-0.25, -0.2) is 4.98 Å². The lowest BCUT2D eigenvalue weighted by molar-refractivity contribution is -0.119. The molecule has 0 fully saturated rings. The number of para-hydroxylation sites is 2. The van der Waals surface area contributed by atoms with Gasteiger partial charge in [0.15, 0.2) is 5.13 Å². The smallest absolute Gasteiger partial charge is 0.232 e. The average molecular weight is 406 g/mol. The third-order valence-corrected chi connectivity index (χ3v) is 4.97. The molecule has 3 aromatic rings. The van der Waals surface area contributed by atoms with Gasteiger partial charge in [0.1, 0.15) is 5.75 Å². The summed E-state index contributed by atoms with van der Waals surface area (Å²) in [4.78, 5) is 21.3. The van der Waals surface area contributed by atoms with E-state index in [1.165, 1.54) is 0 Å². The van der Waals surface area contributed by atoms with Gasteiger partial charge < -0.3 is 9.64 Å². The Morgan fingerprint density at radius 1 is 1.04 bits per heavy atom. The fourth-order valence-electron chi connectivity index (χ4n) is 2.51. The summed E-state index contributed by atoms with van der Waals surface area (Å²) in [5.74, 6) is 0.807. The fourth-order valence-corrected chi connectivity index (χ4v) is 3.52. The van der Waals surface area contributed by atoms with E-state index in [4.69, 9.17) is 4.74 Å². The predicted octanol–water partition coefficient (Wildman–Crippen LogP) is 4.08. The number of rotatable bonds is 8. The molecule has 1 aromatic heterocycles. The van der Waals surface area contributed by atoms with E-state index in [2.05, 4.69) is 9.88 Å². The standard InChI is InChI=1S/C20H23N3O2S.ClH/c1-22(2)13-14-23(20-21-17-10-6-7-11-18(17)26-20)19(24)12-15-25-16-8-4-3-5-9-16;/h3-11H,12-15H2,1-2H3;1H. The number of amides is 1. The molecule has 144 valence electrons. The van der Waals surface area contributed by atoms with Crippen LogP contribution in [-0.4, -0.2) is 49.6 Å². The van der Waals surface area contributed by atoms with Gasteiger partial charge in [0.2, 0.25) is 5.91 Å². The van der Waals surface area contributed by atoms with Gasteiger partial charge in [-0.1, -0.05) is 41.7 Å². The van der Waals surface area contributed by atoms with Crippen molar-refractivity contribution in [2.45, 2.75) is 6.42 Å². The number of anilines is 1. The maximum Gasteiger partial charge on any atom is 0.232 e. The molecule has 1 amide bonds. The molecule has 0 atom stereocenters. The van der Waals surface area contributed by atoms with E-state index in [-0.39, 0.29) is 18.3 Å². The minimum atomic E-state index is 0. The highest BCUT2D eigenvalue weighted by molar-refractivity contribution is 7.22. The zero-order valence-corrected chi connectivity index (χ0v) is 17.1. The third kappa shape index (κ3) is 5.92. The minimum absolute atomic E-state index is 0. The van der Waals surface area contributed by atoms with Gasteiger partial charge in [0.25, 0.3) is 0 Å². The Bertz CT molecular complexity index is 822. The van der Waals surface area contributed by atoms with Crippen molar-refractivity contribution in [1.29, 1.82) is 0 Å². The molecule has 5 nitrogen and oxygen atoms in total. The molecule has 0 aliphatic rings. The number of hydrogen-bond acceptors (Lipinski definition) is 5. The number of aromatic nitrogens is 1. The highest BCUT2D eigenvalue weighted by atomic mass is 35.5. The summed E-state index contributed by atoms with van der Waals surface area (Å²) in [7, 11) is 4.00. The SMILES string of the molecule is CN(C)CCN(C(=O)CCOc1ccccc1)c1nc2ccccc2s1.Cl. The van der Waals surface area contributed by atoms with Crippen LogP contribution in [0.4, 0.5) is 5.13 Å². The van der Waals surface area contributed by atoms with E-state index in [0.29, 0.717) is 19.6 Å². The van der Waals surface area contributed by atoms with Crippen LogP contribution in [0.25, 0.3) is 10.2 Å². The Balaban J connectivity index is 0.00000261. The van der Waals surface area contributed by atoms with Crippen LogP contribution in [0.3, 0.4) is 0 Å². The van der Waals surface area contributed by atoms with E-state index < -0.39 is 0 Å². The van der Waals surface area contributed by atoms with E-state index in [9.17, 15) is 4.79 Å². The zero-order valence-electron chi connectivity index (χ0n) is 15.5. The fraction of sp³-hybridized carbons (Fsp3) is 0.300. The molecule has 27 heavy (non-hydrogen) atoms. The summed E-state index contributed by atoms with van der Waals surface area (Å²) < 4.78 is 6.76. The van der Waals surface area contributed by atoms with Crippen LogP contribution in [-0.2, 0) is 4.79 Å². The topological polar surface area (TPSA) is 45.7 Å². The monoisotopic (exact) mass is 405 g/mol. The Hall–Kier alpha value is -2.15. The van der Waals surface area contributed by atoms with Gasteiger partial charge in [-0.2, -0.15) is 0 Å². The summed E-state index contributed by atoms with van der Waals surface area (Å²) in [5, 5.41) is 0.748. The largest absolute Gasteiger partial charge is 0.493 e. The number of halogens is 1. The molecular weight excluding hydrogens is 382 g/mol. The number of thiazole rings is 1. The molecule has 3 rings (SSSR count). The lowest BCUT2D eigenvalue weighted by Gasteiger charge is -2.22. The summed E-state index contributed by atoms with van der Waals surface area (Å²) >= 11 is 1.55. The van der Waals surface area contributed by atoms with Crippen LogP contribution in [0.2, 0.25) is 0 Å². The first-order valence-corrected chi connectivity index (χ1v) is 9.43. The summed E-state index contributed by atoms with van der Waals surface area (Å²) in [6.07, 6.45) is 0.318. The number of likely N-dealkylation sites (N-methyl/N-ethyl adjacent to an activating group) is 1. The summed E-state index contributed by atoms with van der Waals surface area (Å²) in [6.45, 7) is 1.74. The first kappa shape index (κ1) is 21.2. The van der Waals surface area contributed by atoms with Gasteiger partial charge in [-0.3, -0.25) is 9.69 Å². The van der Waals surface area contributed by atoms with E-state index in [0.717, 1.165) is 27.6 Å². The first-order chi connectivity index (χ1) is 12.6. The average Bonchev–Trinajstić information content (AvgIpc) is 3.06. The van der Waals surface area contributed by atoms with Crippen molar-refractivity contribution < 1.29 is 9.53 Å². The van der Waals surface area contributed by atoms with E-state index in [1.807, 2.05) is 68.7 Å². The Morgan fingerprint density at radius 3 is 2.44 bits per heavy atom. The van der Waals surface area contributed by atoms with Crippen LogP contribution in [0.5, 0.6) is 5.75 Å². The second-order valence-corrected chi connectivity index (χ2v) is 7.23. The second-order valence-electron chi connectivity index (χ2n) is 6.22. The molecule has 0 bridgehead atoms. The van der Waals surface area contributed by atoms with Gasteiger partial charge in [0, 0.05) is 13.1 Å². The Morgan fingerprint density at radius 2 is 1.74 bits per heavy atom. The van der Waals surface area contributed by atoms with Crippen molar-refractivity contribution in [2.24, 2.45) is 0 Å². The van der Waals surface area contributed by atoms with Crippen LogP contribution in [0.15, 0.2) is 54.6 Å². The lowest BCUT2D eigenvalue weighted by atomic mass is 10.3. The molecule has 0 aliphatic heterocycles. The highest BCUT2D eigenvalue weighted by Gasteiger charge is 2.19. The van der Waals surface area contributed by atoms with Crippen molar-refractivity contribution >= 4 is 45.0 Å². The molecule has 0 aliphatic carbocycles. The molecular formula is C20H24ClN3O2S. The maximum absolute atomic E-state index is 12.8. The molecule has 1 heterocycles. The van der Waals surface area contributed by atoms with Crippen molar-refractivity contribution in [1.82, 2.24) is 9.88 Å². The molecule has 0 saturated heterocycles. The van der Waals surface area contributed by atoms with Gasteiger partial charge in [0.05, 0.1) is 23.2 Å². The zero-order chi connectivity index (χ0) is 18.4. The Kier molecular flexibility index (Phi) is 8.03. The van der Waals surface area contributed by atoms with E-state index >= 15 is 0 Å². The van der Waals surface area contributed by atoms with E-state index in [1.54, 1.807) is 16.2 Å². The third-order valence-electron chi connectivity index (χ3n) is 3.91. The number of nitrogens with zero attached hydrogens (tertiary/aromatic N) is 3. The molecule has 0 unspecified atom stereocenters. The maximum atomic E-state index is 12.8. The van der Waals surface area contributed by atoms with Crippen LogP contribution in [0, 0.1) is 0 Å². The molecule has 7 heteroatoms. The van der Waals surface area contributed by atoms with Crippen molar-refractivity contribution in [3.8, 4) is 5.75 Å². The van der Waals surface area contributed by atoms with Crippen LogP contribution >= 0.6 is 23.7 Å². The van der Waals surface area contributed by atoms with Crippen molar-refractivity contribution in [3.05, 3.63) is 54.6 Å². The molecule has 0 saturated carbocycles. The quantitative estimate of drug-likeness (QED) is 0.566. The van der Waals surface area contributed by atoms with Gasteiger partial charge in [-0.15, -0.1) is 12.4 Å². The normalized spacial score (nSPS) is 10.6. The minimum Gasteiger partial charge on any atom is -0.493 e. The van der Waals surface area contributed by atoms with Crippen LogP contribution in [0.1, 0.15) is 6.42 Å². The van der Waals surface area contributed by atoms with Crippen molar-refractivity contribution in [3.63, 3.8) is 0 Å². The van der Waals surface area contributed by atoms with Gasteiger partial charge in [-0.05, 0) is 38.4 Å². The summed E-state index contributed by atoms with van der Waals surface area (Å²) in [6, 6.07) is 17.5. The highest BCUT2D eigenvalue weighted by Crippen LogP contribution is 2.29. The molecule has 0 radical (unpaired) electrons. The molecule has 0 spiro atoms.